The van der Waals surface area contributed by atoms with Crippen LogP contribution in [0.4, 0.5) is 0 Å². The molecule has 6 atom stereocenters. The van der Waals surface area contributed by atoms with Crippen LogP contribution in [0, 0.1) is 23.7 Å². The summed E-state index contributed by atoms with van der Waals surface area (Å²) < 4.78 is 0. The summed E-state index contributed by atoms with van der Waals surface area (Å²) >= 11 is 0. The first kappa shape index (κ1) is 27.8. The zero-order valence-corrected chi connectivity index (χ0v) is 22.3. The van der Waals surface area contributed by atoms with Crippen LogP contribution in [0.3, 0.4) is 0 Å². The predicted molar refractivity (Wildman–Crippen MR) is 142 cm³/mol. The molecule has 5 N–H and O–H groups in total. The van der Waals surface area contributed by atoms with E-state index >= 15 is 0 Å². The summed E-state index contributed by atoms with van der Waals surface area (Å²) in [6.07, 6.45) is 1.43. The highest BCUT2D eigenvalue weighted by Crippen LogP contribution is 2.51. The molecule has 0 saturated heterocycles. The van der Waals surface area contributed by atoms with Crippen molar-refractivity contribution in [3.05, 3.63) is 53.1 Å². The SMILES string of the molecule is CN(C)[C@@H]1C(=O)C(C(N)=O)C(=O)[C@@]2(O)C(=O)C3C(=O)c4c(O)ccc(-c5cccc(CCCO)c5)c4C[C@H]3C[C@@H]12. The van der Waals surface area contributed by atoms with Crippen LogP contribution in [0.15, 0.2) is 36.4 Å². The van der Waals surface area contributed by atoms with Gasteiger partial charge in [-0.1, -0.05) is 30.3 Å². The number of aromatic hydroxyl groups is 1. The molecule has 2 fully saturated rings. The van der Waals surface area contributed by atoms with Gasteiger partial charge in [-0.05, 0) is 74.0 Å². The van der Waals surface area contributed by atoms with E-state index in [1.165, 1.54) is 11.0 Å². The number of Topliss-reactive ketones (excluding diaryl/α,β-unsaturated/α-hetero) is 4. The van der Waals surface area contributed by atoms with Crippen molar-refractivity contribution in [1.82, 2.24) is 4.90 Å². The highest BCUT2D eigenvalue weighted by molar-refractivity contribution is 6.32. The van der Waals surface area contributed by atoms with Crippen molar-refractivity contribution < 1.29 is 39.3 Å². The van der Waals surface area contributed by atoms with Crippen molar-refractivity contribution in [2.45, 2.75) is 37.3 Å². The zero-order chi connectivity index (χ0) is 29.1. The van der Waals surface area contributed by atoms with Gasteiger partial charge in [-0.25, -0.2) is 0 Å². The number of rotatable bonds is 6. The zero-order valence-electron chi connectivity index (χ0n) is 22.3. The van der Waals surface area contributed by atoms with E-state index in [1.807, 2.05) is 24.3 Å². The van der Waals surface area contributed by atoms with Crippen molar-refractivity contribution in [3.63, 3.8) is 0 Å². The number of hydrogen-bond donors (Lipinski definition) is 4. The number of nitrogens with zero attached hydrogens (tertiary/aromatic N) is 1. The Morgan fingerprint density at radius 3 is 2.48 bits per heavy atom. The minimum Gasteiger partial charge on any atom is -0.507 e. The predicted octanol–water partition coefficient (Wildman–Crippen LogP) is 0.459. The quantitative estimate of drug-likeness (QED) is 0.374. The van der Waals surface area contributed by atoms with Crippen LogP contribution in [0.25, 0.3) is 11.1 Å². The average Bonchev–Trinajstić information content (AvgIpc) is 2.89. The van der Waals surface area contributed by atoms with E-state index in [2.05, 4.69) is 0 Å². The number of hydrogen-bond acceptors (Lipinski definition) is 9. The number of primary amides is 1. The molecule has 0 spiro atoms. The molecule has 0 aliphatic heterocycles. The first-order valence-corrected chi connectivity index (χ1v) is 13.3. The topological polar surface area (TPSA) is 175 Å². The van der Waals surface area contributed by atoms with Crippen LogP contribution in [0.2, 0.25) is 0 Å². The summed E-state index contributed by atoms with van der Waals surface area (Å²) in [5, 5.41) is 31.6. The standard InChI is InChI=1S/C30H32N2O8/c1-32(2)24-19-13-16-12-18-17(15-7-3-5-14(11-15)6-4-10-33)8-9-20(34)22(18)25(35)21(16)27(37)30(19,40)28(38)23(26(24)36)29(31)39/h3,5,7-9,11,16,19,21,23-24,33-34,40H,4,6,10,12-13H2,1-2H3,(H2,31,39)/t16-,19-,21?,23?,24-,30-/m0/s1. The van der Waals surface area contributed by atoms with Crippen molar-refractivity contribution in [1.29, 1.82) is 0 Å². The molecule has 0 radical (unpaired) electrons. The second-order valence-corrected chi connectivity index (χ2v) is 11.3. The summed E-state index contributed by atoms with van der Waals surface area (Å²) in [4.78, 5) is 68.0. The second-order valence-electron chi connectivity index (χ2n) is 11.3. The van der Waals surface area contributed by atoms with E-state index < -0.39 is 64.4 Å². The molecule has 40 heavy (non-hydrogen) atoms. The molecule has 5 rings (SSSR count). The van der Waals surface area contributed by atoms with E-state index in [0.29, 0.717) is 24.0 Å². The second kappa shape index (κ2) is 10.0. The normalized spacial score (nSPS) is 29.7. The number of phenolic OH excluding ortho intramolecular Hbond substituents is 1. The van der Waals surface area contributed by atoms with Crippen molar-refractivity contribution in [2.24, 2.45) is 29.4 Å². The highest BCUT2D eigenvalue weighted by atomic mass is 16.3. The fourth-order valence-corrected chi connectivity index (χ4v) is 7.05. The summed E-state index contributed by atoms with van der Waals surface area (Å²) in [5.74, 6) is -10.7. The largest absolute Gasteiger partial charge is 0.507 e. The Morgan fingerprint density at radius 2 is 1.82 bits per heavy atom. The van der Waals surface area contributed by atoms with Crippen LogP contribution < -0.4 is 5.73 Å². The monoisotopic (exact) mass is 548 g/mol. The lowest BCUT2D eigenvalue weighted by atomic mass is 9.52. The maximum Gasteiger partial charge on any atom is 0.235 e. The number of amides is 1. The number of benzene rings is 2. The first-order chi connectivity index (χ1) is 18.9. The fraction of sp³-hybridized carbons (Fsp3) is 0.433. The molecular weight excluding hydrogens is 516 g/mol. The van der Waals surface area contributed by atoms with Gasteiger partial charge in [-0.2, -0.15) is 0 Å². The smallest absolute Gasteiger partial charge is 0.235 e. The summed E-state index contributed by atoms with van der Waals surface area (Å²) in [7, 11) is 3.10. The number of aliphatic hydroxyl groups is 2. The van der Waals surface area contributed by atoms with Crippen molar-refractivity contribution >= 4 is 29.0 Å². The lowest BCUT2D eigenvalue weighted by molar-refractivity contribution is -0.181. The summed E-state index contributed by atoms with van der Waals surface area (Å²) in [6, 6.07) is 9.58. The molecule has 3 aliphatic rings. The van der Waals surface area contributed by atoms with E-state index in [9.17, 15) is 39.3 Å². The molecule has 1 amide bonds. The first-order valence-electron chi connectivity index (χ1n) is 13.3. The molecule has 2 unspecified atom stereocenters. The van der Waals surface area contributed by atoms with Crippen molar-refractivity contribution in [2.75, 3.05) is 20.7 Å². The van der Waals surface area contributed by atoms with Gasteiger partial charge in [0.2, 0.25) is 5.91 Å². The minimum absolute atomic E-state index is 0.00443. The number of carbonyl (C=O) groups excluding carboxylic acids is 5. The van der Waals surface area contributed by atoms with Gasteiger partial charge in [0.15, 0.2) is 34.7 Å². The lowest BCUT2D eigenvalue weighted by Crippen LogP contribution is -2.74. The van der Waals surface area contributed by atoms with Gasteiger partial charge in [-0.15, -0.1) is 0 Å². The van der Waals surface area contributed by atoms with Gasteiger partial charge < -0.3 is 21.1 Å². The van der Waals surface area contributed by atoms with Gasteiger partial charge in [0.25, 0.3) is 0 Å². The van der Waals surface area contributed by atoms with Crippen LogP contribution in [0.1, 0.15) is 34.3 Å². The van der Waals surface area contributed by atoms with E-state index in [4.69, 9.17) is 5.73 Å². The number of carbonyl (C=O) groups is 5. The van der Waals surface area contributed by atoms with Crippen LogP contribution in [-0.2, 0) is 32.0 Å². The molecule has 10 nitrogen and oxygen atoms in total. The average molecular weight is 549 g/mol. The Kier molecular flexibility index (Phi) is 6.98. The number of aliphatic hydroxyl groups excluding tert-OH is 1. The van der Waals surface area contributed by atoms with E-state index in [-0.39, 0.29) is 30.8 Å². The Bertz CT molecular complexity index is 1450. The maximum absolute atomic E-state index is 13.9. The van der Waals surface area contributed by atoms with Gasteiger partial charge in [-0.3, -0.25) is 28.9 Å². The molecule has 2 aromatic rings. The molecule has 2 saturated carbocycles. The number of ketones is 4. The van der Waals surface area contributed by atoms with E-state index in [0.717, 1.165) is 11.1 Å². The Labute approximate surface area is 230 Å². The Balaban J connectivity index is 1.62. The van der Waals surface area contributed by atoms with E-state index in [1.54, 1.807) is 20.2 Å². The summed E-state index contributed by atoms with van der Waals surface area (Å²) in [6.45, 7) is 0.0527. The van der Waals surface area contributed by atoms with Gasteiger partial charge in [0.05, 0.1) is 17.5 Å². The Morgan fingerprint density at radius 1 is 1.10 bits per heavy atom. The van der Waals surface area contributed by atoms with Crippen LogP contribution in [0.5, 0.6) is 5.75 Å². The number of fused-ring (bicyclic) bond motifs is 3. The Hall–Kier alpha value is -3.73. The minimum atomic E-state index is -2.74. The third-order valence-electron chi connectivity index (χ3n) is 8.81. The van der Waals surface area contributed by atoms with Crippen molar-refractivity contribution in [3.8, 4) is 16.9 Å². The lowest BCUT2D eigenvalue weighted by Gasteiger charge is -2.52. The molecule has 0 heterocycles. The van der Waals surface area contributed by atoms with Gasteiger partial charge in [0, 0.05) is 12.5 Å². The van der Waals surface area contributed by atoms with Gasteiger partial charge in [0.1, 0.15) is 5.75 Å². The third-order valence-corrected chi connectivity index (χ3v) is 8.81. The van der Waals surface area contributed by atoms with Gasteiger partial charge >= 0.3 is 0 Å². The number of likely N-dealkylation sites (N-methyl/N-ethyl adjacent to an activating group) is 1. The molecule has 210 valence electrons. The number of nitrogens with two attached hydrogens (primary N) is 1. The van der Waals surface area contributed by atoms with Crippen LogP contribution >= 0.6 is 0 Å². The molecule has 0 aromatic heterocycles. The summed E-state index contributed by atoms with van der Waals surface area (Å²) in [5.41, 5.74) is 5.61. The van der Waals surface area contributed by atoms with Crippen LogP contribution in [-0.4, -0.2) is 81.6 Å². The molecule has 2 aromatic carbocycles. The maximum atomic E-state index is 13.9. The third kappa shape index (κ3) is 4.01. The molecule has 0 bridgehead atoms. The fourth-order valence-electron chi connectivity index (χ4n) is 7.05. The molecule has 10 heteroatoms. The highest BCUT2D eigenvalue weighted by Gasteiger charge is 2.69. The number of phenols is 1. The molecular formula is C30H32N2O8. The number of aryl methyl sites for hydroxylation is 1. The molecule has 3 aliphatic carbocycles.